The Morgan fingerprint density at radius 2 is 1.95 bits per heavy atom. The van der Waals surface area contributed by atoms with Crippen molar-refractivity contribution >= 4 is 5.97 Å². The van der Waals surface area contributed by atoms with Gasteiger partial charge in [0.2, 0.25) is 0 Å². The van der Waals surface area contributed by atoms with Crippen molar-refractivity contribution in [2.75, 3.05) is 19.8 Å². The summed E-state index contributed by atoms with van der Waals surface area (Å²) in [5.74, 6) is -0.819. The Bertz CT molecular complexity index is 462. The summed E-state index contributed by atoms with van der Waals surface area (Å²) in [5.41, 5.74) is 1.74. The molecule has 0 aromatic heterocycles. The van der Waals surface area contributed by atoms with Gasteiger partial charge in [-0.2, -0.15) is 0 Å². The lowest BCUT2D eigenvalue weighted by atomic mass is 10.1. The number of aliphatic hydroxyl groups excluding tert-OH is 1. The minimum absolute atomic E-state index is 0.104. The lowest BCUT2D eigenvalue weighted by Crippen LogP contribution is -2.33. The van der Waals surface area contributed by atoms with Crippen LogP contribution in [-0.2, 0) is 19.0 Å². The molecule has 0 radical (unpaired) electrons. The van der Waals surface area contributed by atoms with Crippen molar-refractivity contribution in [3.05, 3.63) is 35.4 Å². The van der Waals surface area contributed by atoms with Crippen molar-refractivity contribution < 1.29 is 29.2 Å². The molecule has 1 aliphatic heterocycles. The third-order valence-electron chi connectivity index (χ3n) is 3.45. The van der Waals surface area contributed by atoms with Crippen LogP contribution in [-0.4, -0.2) is 42.1 Å². The molecule has 1 aromatic rings. The van der Waals surface area contributed by atoms with Crippen molar-refractivity contribution in [1.29, 1.82) is 0 Å². The summed E-state index contributed by atoms with van der Waals surface area (Å²) in [6.07, 6.45) is -0.502. The van der Waals surface area contributed by atoms with Gasteiger partial charge in [-0.1, -0.05) is 24.3 Å². The minimum atomic E-state index is -0.819. The molecule has 2 N–H and O–H groups in total. The molecule has 6 heteroatoms. The van der Waals surface area contributed by atoms with Crippen LogP contribution in [0.1, 0.15) is 43.3 Å². The Morgan fingerprint density at radius 1 is 1.32 bits per heavy atom. The van der Waals surface area contributed by atoms with Crippen molar-refractivity contribution in [1.82, 2.24) is 0 Å². The van der Waals surface area contributed by atoms with E-state index in [2.05, 4.69) is 0 Å². The monoisotopic (exact) mass is 310 g/mol. The van der Waals surface area contributed by atoms with Crippen molar-refractivity contribution in [3.63, 3.8) is 0 Å². The minimum Gasteiger partial charge on any atom is -0.481 e. The smallest absolute Gasteiger partial charge is 0.303 e. The third kappa shape index (κ3) is 5.06. The van der Waals surface area contributed by atoms with Crippen molar-refractivity contribution in [2.24, 2.45) is 0 Å². The van der Waals surface area contributed by atoms with Gasteiger partial charge in [0.15, 0.2) is 6.29 Å². The van der Waals surface area contributed by atoms with Crippen LogP contribution in [0.25, 0.3) is 0 Å². The van der Waals surface area contributed by atoms with Crippen LogP contribution < -0.4 is 0 Å². The molecule has 1 aliphatic rings. The number of benzene rings is 1. The molecular formula is C16H22O6. The molecule has 6 nitrogen and oxygen atoms in total. The number of aliphatic carboxylic acids is 1. The highest BCUT2D eigenvalue weighted by molar-refractivity contribution is 5.66. The molecule has 0 spiro atoms. The number of rotatable bonds is 7. The molecule has 0 aliphatic carbocycles. The number of carboxylic acid groups (broad SMARTS) is 1. The molecule has 0 bridgehead atoms. The maximum atomic E-state index is 10.4. The molecule has 122 valence electrons. The zero-order valence-electron chi connectivity index (χ0n) is 12.6. The number of hydrogen-bond acceptors (Lipinski definition) is 5. The Morgan fingerprint density at radius 3 is 2.50 bits per heavy atom. The summed E-state index contributed by atoms with van der Waals surface area (Å²) in [5, 5.41) is 18.0. The molecule has 0 amide bonds. The Labute approximate surface area is 129 Å². The van der Waals surface area contributed by atoms with Crippen LogP contribution in [0, 0.1) is 0 Å². The van der Waals surface area contributed by atoms with E-state index in [4.69, 9.17) is 19.3 Å². The molecule has 0 saturated carbocycles. The van der Waals surface area contributed by atoms with Gasteiger partial charge in [-0.15, -0.1) is 0 Å². The molecule has 1 heterocycles. The highest BCUT2D eigenvalue weighted by Gasteiger charge is 2.24. The lowest BCUT2D eigenvalue weighted by molar-refractivity contribution is -0.230. The summed E-state index contributed by atoms with van der Waals surface area (Å²) in [6, 6.07) is 7.45. The maximum absolute atomic E-state index is 10.4. The molecule has 1 saturated heterocycles. The highest BCUT2D eigenvalue weighted by Crippen LogP contribution is 2.25. The van der Waals surface area contributed by atoms with Crippen LogP contribution in [0.3, 0.4) is 0 Å². The summed E-state index contributed by atoms with van der Waals surface area (Å²) in [6.45, 7) is 2.93. The second-order valence-electron chi connectivity index (χ2n) is 5.33. The topological polar surface area (TPSA) is 85.2 Å². The largest absolute Gasteiger partial charge is 0.481 e. The molecule has 22 heavy (non-hydrogen) atoms. The van der Waals surface area contributed by atoms with Crippen LogP contribution >= 0.6 is 0 Å². The van der Waals surface area contributed by atoms with Gasteiger partial charge in [-0.25, -0.2) is 0 Å². The van der Waals surface area contributed by atoms with Gasteiger partial charge in [0, 0.05) is 18.6 Å². The van der Waals surface area contributed by atoms with Crippen LogP contribution in [0.4, 0.5) is 0 Å². The number of carbonyl (C=O) groups is 1. The quantitative estimate of drug-likeness (QED) is 0.750. The van der Waals surface area contributed by atoms with Gasteiger partial charge in [-0.3, -0.25) is 4.79 Å². The van der Waals surface area contributed by atoms with E-state index in [-0.39, 0.29) is 12.5 Å². The molecule has 2 rings (SSSR count). The van der Waals surface area contributed by atoms with Gasteiger partial charge in [0.1, 0.15) is 6.10 Å². The first-order valence-corrected chi connectivity index (χ1v) is 7.41. The lowest BCUT2D eigenvalue weighted by Gasteiger charge is -2.29. The first-order chi connectivity index (χ1) is 10.6. The second-order valence-corrected chi connectivity index (χ2v) is 5.33. The van der Waals surface area contributed by atoms with E-state index in [1.165, 1.54) is 0 Å². The molecule has 1 atom stereocenters. The first kappa shape index (κ1) is 16.9. The van der Waals surface area contributed by atoms with Gasteiger partial charge in [0.05, 0.1) is 19.3 Å². The van der Waals surface area contributed by atoms with Crippen molar-refractivity contribution in [2.45, 2.75) is 38.3 Å². The fraction of sp³-hybridized carbons (Fsp3) is 0.562. The summed E-state index contributed by atoms with van der Waals surface area (Å²) < 4.78 is 16.8. The molecule has 1 aromatic carbocycles. The zero-order chi connectivity index (χ0) is 15.9. The van der Waals surface area contributed by atoms with Crippen LogP contribution in [0.15, 0.2) is 24.3 Å². The third-order valence-corrected chi connectivity index (χ3v) is 3.45. The zero-order valence-corrected chi connectivity index (χ0v) is 12.6. The van der Waals surface area contributed by atoms with E-state index in [1.54, 1.807) is 6.92 Å². The normalized spacial score (nSPS) is 23.2. The Hall–Kier alpha value is -1.47. The van der Waals surface area contributed by atoms with E-state index in [9.17, 15) is 9.90 Å². The standard InChI is InChI=1S/C16H22O6/c1-11(17)12-4-6-13(7-5-12)16-21-9-14(10-22-16)20-8-2-3-15(18)19/h4-7,11,14,16-17H,2-3,8-10H2,1H3,(H,18,19). The second kappa shape index (κ2) is 8.24. The van der Waals surface area contributed by atoms with E-state index in [0.717, 1.165) is 11.1 Å². The Balaban J connectivity index is 1.73. The van der Waals surface area contributed by atoms with Crippen molar-refractivity contribution in [3.8, 4) is 0 Å². The predicted octanol–water partition coefficient (Wildman–Crippen LogP) is 2.04. The average Bonchev–Trinajstić information content (AvgIpc) is 2.52. The number of aliphatic hydroxyl groups is 1. The summed E-state index contributed by atoms with van der Waals surface area (Å²) >= 11 is 0. The first-order valence-electron chi connectivity index (χ1n) is 7.41. The SMILES string of the molecule is CC(O)c1ccc(C2OCC(OCCCC(=O)O)CO2)cc1. The highest BCUT2D eigenvalue weighted by atomic mass is 16.7. The molecule has 1 fully saturated rings. The average molecular weight is 310 g/mol. The number of carboxylic acids is 1. The van der Waals surface area contributed by atoms with E-state index >= 15 is 0 Å². The van der Waals surface area contributed by atoms with Gasteiger partial charge in [0.25, 0.3) is 0 Å². The summed E-state index contributed by atoms with van der Waals surface area (Å²) in [4.78, 5) is 10.4. The van der Waals surface area contributed by atoms with Gasteiger partial charge >= 0.3 is 5.97 Å². The van der Waals surface area contributed by atoms with Crippen LogP contribution in [0.2, 0.25) is 0 Å². The van der Waals surface area contributed by atoms with E-state index in [0.29, 0.717) is 26.2 Å². The predicted molar refractivity (Wildman–Crippen MR) is 78.3 cm³/mol. The maximum Gasteiger partial charge on any atom is 0.303 e. The fourth-order valence-electron chi connectivity index (χ4n) is 2.18. The fourth-order valence-corrected chi connectivity index (χ4v) is 2.18. The van der Waals surface area contributed by atoms with E-state index in [1.807, 2.05) is 24.3 Å². The van der Waals surface area contributed by atoms with Gasteiger partial charge in [-0.05, 0) is 18.9 Å². The number of ether oxygens (including phenoxy) is 3. The van der Waals surface area contributed by atoms with E-state index < -0.39 is 18.4 Å². The Kier molecular flexibility index (Phi) is 6.33. The number of hydrogen-bond donors (Lipinski definition) is 2. The molecular weight excluding hydrogens is 288 g/mol. The van der Waals surface area contributed by atoms with Gasteiger partial charge < -0.3 is 24.4 Å². The molecule has 1 unspecified atom stereocenters. The van der Waals surface area contributed by atoms with Crippen LogP contribution in [0.5, 0.6) is 0 Å². The summed E-state index contributed by atoms with van der Waals surface area (Å²) in [7, 11) is 0.